The van der Waals surface area contributed by atoms with Gasteiger partial charge in [-0.15, -0.1) is 0 Å². The summed E-state index contributed by atoms with van der Waals surface area (Å²) in [6.07, 6.45) is 0.870. The Bertz CT molecular complexity index is 703. The van der Waals surface area contributed by atoms with Crippen LogP contribution in [0.4, 0.5) is 0 Å². The number of rotatable bonds is 8. The number of aliphatic hydroxyl groups excluding tert-OH is 1. The Morgan fingerprint density at radius 1 is 1.12 bits per heavy atom. The first kappa shape index (κ1) is 17.8. The van der Waals surface area contributed by atoms with Gasteiger partial charge in [0, 0.05) is 12.1 Å². The number of nitrogens with one attached hydrogen (secondary N) is 1. The van der Waals surface area contributed by atoms with Crippen molar-refractivity contribution in [2.24, 2.45) is 5.73 Å². The molecule has 1 amide bonds. The molecule has 2 aromatic rings. The third-order valence-corrected chi connectivity index (χ3v) is 3.75. The molecule has 6 nitrogen and oxygen atoms in total. The van der Waals surface area contributed by atoms with E-state index in [1.54, 1.807) is 18.2 Å². The number of hydrogen-bond acceptors (Lipinski definition) is 5. The molecule has 1 atom stereocenters. The third-order valence-electron chi connectivity index (χ3n) is 3.75. The topological polar surface area (TPSA) is 116 Å². The van der Waals surface area contributed by atoms with Crippen molar-refractivity contribution in [2.75, 3.05) is 13.1 Å². The second-order valence-electron chi connectivity index (χ2n) is 5.64. The second kappa shape index (κ2) is 8.33. The molecule has 0 radical (unpaired) electrons. The van der Waals surface area contributed by atoms with Crippen LogP contribution in [-0.2, 0) is 6.42 Å². The summed E-state index contributed by atoms with van der Waals surface area (Å²) in [5.41, 5.74) is 7.33. The highest BCUT2D eigenvalue weighted by atomic mass is 16.3. The van der Waals surface area contributed by atoms with E-state index in [1.807, 2.05) is 12.1 Å². The minimum absolute atomic E-state index is 0.211. The van der Waals surface area contributed by atoms with Crippen LogP contribution in [-0.4, -0.2) is 34.3 Å². The maximum absolute atomic E-state index is 11.1. The number of primary amides is 1. The van der Waals surface area contributed by atoms with Crippen LogP contribution in [0.1, 0.15) is 34.0 Å². The number of carbonyl (C=O) groups is 1. The highest BCUT2D eigenvalue weighted by Gasteiger charge is 2.09. The molecule has 128 valence electrons. The third kappa shape index (κ3) is 4.97. The molecule has 0 aliphatic carbocycles. The number of hydrogen-bond donors (Lipinski definition) is 5. The van der Waals surface area contributed by atoms with Gasteiger partial charge in [-0.3, -0.25) is 4.79 Å². The monoisotopic (exact) mass is 330 g/mol. The summed E-state index contributed by atoms with van der Waals surface area (Å²) in [5.74, 6) is -0.895. The summed E-state index contributed by atoms with van der Waals surface area (Å²) in [5, 5.41) is 31.9. The van der Waals surface area contributed by atoms with E-state index in [2.05, 4.69) is 5.32 Å². The molecule has 2 rings (SSSR count). The minimum atomic E-state index is -0.769. The minimum Gasteiger partial charge on any atom is -0.504 e. The molecule has 6 N–H and O–H groups in total. The number of amides is 1. The average Bonchev–Trinajstić information content (AvgIpc) is 2.57. The van der Waals surface area contributed by atoms with Gasteiger partial charge in [-0.25, -0.2) is 0 Å². The fourth-order valence-electron chi connectivity index (χ4n) is 2.40. The van der Waals surface area contributed by atoms with Crippen molar-refractivity contribution in [3.63, 3.8) is 0 Å². The molecule has 6 heteroatoms. The standard InChI is InChI=1S/C18H22N2O4/c19-18(24)14-5-1-3-12(9-14)4-2-8-20-11-17(23)13-6-7-15(21)16(22)10-13/h1,3,5-7,9-10,17,20-23H,2,4,8,11H2,(H2,19,24). The van der Waals surface area contributed by atoms with E-state index in [9.17, 15) is 20.1 Å². The molecule has 0 aromatic heterocycles. The van der Waals surface area contributed by atoms with Crippen molar-refractivity contribution in [3.05, 3.63) is 59.2 Å². The fraction of sp³-hybridized carbons (Fsp3) is 0.278. The molecule has 0 aliphatic rings. The molecular weight excluding hydrogens is 308 g/mol. The van der Waals surface area contributed by atoms with Gasteiger partial charge in [0.15, 0.2) is 11.5 Å². The molecule has 2 aromatic carbocycles. The Balaban J connectivity index is 1.73. The Kier molecular flexibility index (Phi) is 6.17. The Labute approximate surface area is 140 Å². The summed E-state index contributed by atoms with van der Waals surface area (Å²) in [6, 6.07) is 11.5. The van der Waals surface area contributed by atoms with Gasteiger partial charge in [-0.05, 0) is 54.8 Å². The van der Waals surface area contributed by atoms with Gasteiger partial charge in [-0.2, -0.15) is 0 Å². The molecule has 0 bridgehead atoms. The largest absolute Gasteiger partial charge is 0.504 e. The van der Waals surface area contributed by atoms with Gasteiger partial charge in [0.25, 0.3) is 0 Å². The van der Waals surface area contributed by atoms with Crippen molar-refractivity contribution < 1.29 is 20.1 Å². The Morgan fingerprint density at radius 3 is 2.62 bits per heavy atom. The number of aryl methyl sites for hydroxylation is 1. The molecule has 0 heterocycles. The normalized spacial score (nSPS) is 12.0. The van der Waals surface area contributed by atoms with Gasteiger partial charge in [-0.1, -0.05) is 18.2 Å². The Hall–Kier alpha value is -2.57. The maximum atomic E-state index is 11.1. The molecule has 0 saturated heterocycles. The number of benzene rings is 2. The first-order valence-electron chi connectivity index (χ1n) is 7.77. The number of phenolic OH excluding ortho intramolecular Hbond substituents is 2. The van der Waals surface area contributed by atoms with Crippen LogP contribution in [0.15, 0.2) is 42.5 Å². The van der Waals surface area contributed by atoms with Crippen LogP contribution >= 0.6 is 0 Å². The number of carbonyl (C=O) groups excluding carboxylic acids is 1. The second-order valence-corrected chi connectivity index (χ2v) is 5.64. The van der Waals surface area contributed by atoms with Gasteiger partial charge in [0.05, 0.1) is 6.10 Å². The van der Waals surface area contributed by atoms with Gasteiger partial charge in [0.2, 0.25) is 5.91 Å². The van der Waals surface area contributed by atoms with E-state index < -0.39 is 12.0 Å². The lowest BCUT2D eigenvalue weighted by atomic mass is 10.1. The van der Waals surface area contributed by atoms with Crippen molar-refractivity contribution in [1.82, 2.24) is 5.32 Å². The SMILES string of the molecule is NC(=O)c1cccc(CCCNCC(O)c2ccc(O)c(O)c2)c1. The van der Waals surface area contributed by atoms with E-state index in [0.717, 1.165) is 18.4 Å². The molecule has 0 aliphatic heterocycles. The lowest BCUT2D eigenvalue weighted by Crippen LogP contribution is -2.22. The summed E-state index contributed by atoms with van der Waals surface area (Å²) < 4.78 is 0. The fourth-order valence-corrected chi connectivity index (χ4v) is 2.40. The molecule has 24 heavy (non-hydrogen) atoms. The zero-order valence-electron chi connectivity index (χ0n) is 13.3. The highest BCUT2D eigenvalue weighted by molar-refractivity contribution is 5.92. The van der Waals surface area contributed by atoms with Crippen molar-refractivity contribution >= 4 is 5.91 Å². The predicted octanol–water partition coefficient (Wildman–Crippen LogP) is 1.45. The average molecular weight is 330 g/mol. The van der Waals surface area contributed by atoms with E-state index >= 15 is 0 Å². The van der Waals surface area contributed by atoms with Crippen LogP contribution in [0.5, 0.6) is 11.5 Å². The molecule has 1 unspecified atom stereocenters. The van der Waals surface area contributed by atoms with Crippen LogP contribution in [0.3, 0.4) is 0 Å². The summed E-state index contributed by atoms with van der Waals surface area (Å²) >= 11 is 0. The number of nitrogens with two attached hydrogens (primary N) is 1. The molecular formula is C18H22N2O4. The predicted molar refractivity (Wildman–Crippen MR) is 90.9 cm³/mol. The molecule has 0 spiro atoms. The van der Waals surface area contributed by atoms with E-state index in [4.69, 9.17) is 5.73 Å². The van der Waals surface area contributed by atoms with Gasteiger partial charge in [0.1, 0.15) is 0 Å². The molecule has 0 fully saturated rings. The van der Waals surface area contributed by atoms with Gasteiger partial charge < -0.3 is 26.4 Å². The summed E-state index contributed by atoms with van der Waals surface area (Å²) in [7, 11) is 0. The number of aromatic hydroxyl groups is 2. The van der Waals surface area contributed by atoms with E-state index in [-0.39, 0.29) is 11.5 Å². The quantitative estimate of drug-likeness (QED) is 0.371. The van der Waals surface area contributed by atoms with Crippen molar-refractivity contribution in [3.8, 4) is 11.5 Å². The van der Waals surface area contributed by atoms with Crippen molar-refractivity contribution in [2.45, 2.75) is 18.9 Å². The van der Waals surface area contributed by atoms with Crippen molar-refractivity contribution in [1.29, 1.82) is 0 Å². The smallest absolute Gasteiger partial charge is 0.248 e. The first-order valence-corrected chi connectivity index (χ1v) is 7.77. The maximum Gasteiger partial charge on any atom is 0.248 e. The zero-order valence-corrected chi connectivity index (χ0v) is 13.3. The van der Waals surface area contributed by atoms with E-state index in [0.29, 0.717) is 24.2 Å². The first-order chi connectivity index (χ1) is 11.5. The number of aliphatic hydroxyl groups is 1. The summed E-state index contributed by atoms with van der Waals surface area (Å²) in [4.78, 5) is 11.1. The van der Waals surface area contributed by atoms with Gasteiger partial charge >= 0.3 is 0 Å². The van der Waals surface area contributed by atoms with E-state index in [1.165, 1.54) is 12.1 Å². The lowest BCUT2D eigenvalue weighted by Gasteiger charge is -2.13. The lowest BCUT2D eigenvalue weighted by molar-refractivity contribution is 0.1000. The van der Waals surface area contributed by atoms with Crippen LogP contribution in [0.25, 0.3) is 0 Å². The zero-order chi connectivity index (χ0) is 17.5. The molecule has 0 saturated carbocycles. The van der Waals surface area contributed by atoms with Crippen LogP contribution in [0, 0.1) is 0 Å². The Morgan fingerprint density at radius 2 is 1.92 bits per heavy atom. The van der Waals surface area contributed by atoms with Crippen LogP contribution < -0.4 is 11.1 Å². The van der Waals surface area contributed by atoms with Crippen LogP contribution in [0.2, 0.25) is 0 Å². The highest BCUT2D eigenvalue weighted by Crippen LogP contribution is 2.27. The summed E-state index contributed by atoms with van der Waals surface area (Å²) in [6.45, 7) is 1.04. The number of phenols is 2.